The monoisotopic (exact) mass is 740 g/mol. The molecule has 4 aromatic rings. The molecule has 1 aliphatic heterocycles. The molecule has 6 heteroatoms. The zero-order chi connectivity index (χ0) is 35.9. The van der Waals surface area contributed by atoms with E-state index in [4.69, 9.17) is 0 Å². The van der Waals surface area contributed by atoms with Crippen LogP contribution in [-0.4, -0.2) is 48.4 Å². The van der Waals surface area contributed by atoms with Crippen LogP contribution in [0.1, 0.15) is 0 Å². The molecule has 0 unspecified atom stereocenters. The third-order valence-corrected chi connectivity index (χ3v) is 22.7. The smallest absolute Gasteiger partial charge is 0.122 e. The topological polar surface area (TPSA) is 0 Å². The zero-order valence-electron chi connectivity index (χ0n) is 30.5. The Kier molecular flexibility index (Phi) is 10.9. The van der Waals surface area contributed by atoms with Crippen molar-refractivity contribution in [3.05, 3.63) is 121 Å². The lowest BCUT2D eigenvalue weighted by molar-refractivity contribution is 1.72. The van der Waals surface area contributed by atoms with Crippen molar-refractivity contribution in [1.82, 2.24) is 0 Å². The molecule has 4 aromatic carbocycles. The Morgan fingerprint density at radius 1 is 0.240 bits per heavy atom. The van der Waals surface area contributed by atoms with Crippen LogP contribution in [0.3, 0.4) is 0 Å². The Hall–Kier alpha value is -4.46. The van der Waals surface area contributed by atoms with Gasteiger partial charge in [0.05, 0.1) is 0 Å². The van der Waals surface area contributed by atoms with Gasteiger partial charge in [0.15, 0.2) is 0 Å². The van der Waals surface area contributed by atoms with Gasteiger partial charge in [-0.25, -0.2) is 0 Å². The van der Waals surface area contributed by atoms with Crippen LogP contribution in [0.2, 0.25) is 52.4 Å². The Labute approximate surface area is 307 Å². The van der Waals surface area contributed by atoms with E-state index in [0.717, 1.165) is 0 Å². The van der Waals surface area contributed by atoms with E-state index in [1.807, 2.05) is 0 Å². The quantitative estimate of drug-likeness (QED) is 0.182. The molecule has 50 heavy (non-hydrogen) atoms. The Morgan fingerprint density at radius 3 is 0.580 bits per heavy atom. The summed E-state index contributed by atoms with van der Waals surface area (Å²) in [7, 11) is -14.9. The number of hydrogen-bond acceptors (Lipinski definition) is 0. The largest absolute Gasteiger partial charge is 0.274 e. The van der Waals surface area contributed by atoms with E-state index >= 15 is 0 Å². The van der Waals surface area contributed by atoms with Gasteiger partial charge in [-0.3, -0.25) is 0 Å². The van der Waals surface area contributed by atoms with Crippen LogP contribution in [0.15, 0.2) is 121 Å². The van der Waals surface area contributed by atoms with Crippen molar-refractivity contribution >= 4 is 69.2 Å². The van der Waals surface area contributed by atoms with Gasteiger partial charge in [-0.05, 0) is 73.1 Å². The molecule has 244 valence electrons. The van der Waals surface area contributed by atoms with Crippen LogP contribution in [0, 0.1) is 66.5 Å². The first-order chi connectivity index (χ1) is 23.7. The number of hydrogen-bond donors (Lipinski definition) is 0. The Bertz CT molecular complexity index is 1910. The summed E-state index contributed by atoms with van der Waals surface area (Å²) in [5, 5.41) is 4.83. The van der Waals surface area contributed by atoms with Gasteiger partial charge < -0.3 is 0 Å². The molecular formula is C44H44Si6. The SMILES string of the molecule is C[Si]1(C)C#C[Si](C)(C)C#C[Si](c2ccccc2)(c2ccccc2)C#C[Si](C)(C)C#C[Si](C)(C)C#C[Si](c2ccccc2)(c2ccccc2)C#C1. The van der Waals surface area contributed by atoms with Gasteiger partial charge in [-0.15, -0.1) is 66.5 Å². The maximum atomic E-state index is 3.92. The Balaban J connectivity index is 1.82. The summed E-state index contributed by atoms with van der Waals surface area (Å²) in [6.45, 7) is 18.1. The summed E-state index contributed by atoms with van der Waals surface area (Å²) in [4.78, 5) is 0. The lowest BCUT2D eigenvalue weighted by atomic mass is 10.4. The van der Waals surface area contributed by atoms with Gasteiger partial charge in [0, 0.05) is 0 Å². The third-order valence-electron chi connectivity index (χ3n) is 8.45. The molecule has 0 fully saturated rings. The number of benzene rings is 4. The standard InChI is InChI=1S/C44H44Si6/c1-45(2)29-30-46(3,4)34-39-50(43-25-17-11-18-26-43,44-27-19-12-20-28-44)40-36-48(7,8)32-31-47(5,6)35-38-49(37-33-45,41-21-13-9-14-22-41)42-23-15-10-16-24-42/h9-28H,1-8H3. The van der Waals surface area contributed by atoms with Crippen LogP contribution in [0.4, 0.5) is 0 Å². The highest BCUT2D eigenvalue weighted by Crippen LogP contribution is 2.12. The van der Waals surface area contributed by atoms with Crippen molar-refractivity contribution in [2.75, 3.05) is 0 Å². The first-order valence-electron chi connectivity index (χ1n) is 17.1. The van der Waals surface area contributed by atoms with E-state index in [1.165, 1.54) is 20.7 Å². The molecule has 0 aliphatic carbocycles. The van der Waals surface area contributed by atoms with Gasteiger partial charge in [0.25, 0.3) is 16.1 Å². The van der Waals surface area contributed by atoms with Crippen LogP contribution >= 0.6 is 0 Å². The van der Waals surface area contributed by atoms with Gasteiger partial charge in [-0.2, -0.15) is 0 Å². The zero-order valence-corrected chi connectivity index (χ0v) is 36.5. The molecule has 0 atom stereocenters. The molecular weight excluding hydrogens is 697 g/mol. The van der Waals surface area contributed by atoms with Crippen molar-refractivity contribution in [3.63, 3.8) is 0 Å². The van der Waals surface area contributed by atoms with Crippen LogP contribution in [0.5, 0.6) is 0 Å². The van der Waals surface area contributed by atoms with Crippen molar-refractivity contribution in [1.29, 1.82) is 0 Å². The van der Waals surface area contributed by atoms with Crippen LogP contribution < -0.4 is 20.7 Å². The summed E-state index contributed by atoms with van der Waals surface area (Å²) >= 11 is 0. The minimum atomic E-state index is -2.84. The maximum absolute atomic E-state index is 3.92. The van der Waals surface area contributed by atoms with Gasteiger partial charge in [0.2, 0.25) is 32.3 Å². The van der Waals surface area contributed by atoms with E-state index < -0.39 is 48.4 Å². The molecule has 1 heterocycles. The van der Waals surface area contributed by atoms with E-state index in [1.54, 1.807) is 0 Å². The maximum Gasteiger partial charge on any atom is 0.274 e. The van der Waals surface area contributed by atoms with Crippen molar-refractivity contribution in [2.24, 2.45) is 0 Å². The third kappa shape index (κ3) is 9.01. The van der Waals surface area contributed by atoms with E-state index in [-0.39, 0.29) is 0 Å². The second-order valence-corrected chi connectivity index (χ2v) is 36.3. The first kappa shape index (κ1) is 36.8. The highest BCUT2D eigenvalue weighted by molar-refractivity contribution is 7.16. The average Bonchev–Trinajstić information content (AvgIpc) is 3.12. The summed E-state index contributed by atoms with van der Waals surface area (Å²) in [6, 6.07) is 42.9. The van der Waals surface area contributed by atoms with Crippen molar-refractivity contribution in [3.8, 4) is 66.5 Å². The lowest BCUT2D eigenvalue weighted by Gasteiger charge is -2.23. The van der Waals surface area contributed by atoms with Crippen LogP contribution in [0.25, 0.3) is 0 Å². The highest BCUT2D eigenvalue weighted by atomic mass is 28.3. The molecule has 0 aromatic heterocycles. The summed E-state index contributed by atoms with van der Waals surface area (Å²) < 4.78 is 0. The second kappa shape index (κ2) is 14.8. The van der Waals surface area contributed by atoms with Gasteiger partial charge in [0.1, 0.15) is 0 Å². The second-order valence-electron chi connectivity index (χ2n) is 15.0. The lowest BCUT2D eigenvalue weighted by Crippen LogP contribution is -2.57. The summed E-state index contributed by atoms with van der Waals surface area (Å²) in [6.07, 6.45) is 0. The molecule has 0 saturated carbocycles. The fourth-order valence-electron chi connectivity index (χ4n) is 5.48. The molecule has 0 saturated heterocycles. The number of rotatable bonds is 4. The predicted octanol–water partition coefficient (Wildman–Crippen LogP) is 5.85. The average molecular weight is 741 g/mol. The van der Waals surface area contributed by atoms with E-state index in [0.29, 0.717) is 0 Å². The Morgan fingerprint density at radius 2 is 0.400 bits per heavy atom. The summed E-state index contributed by atoms with van der Waals surface area (Å²) in [5.74, 6) is 0. The molecule has 0 N–H and O–H groups in total. The van der Waals surface area contributed by atoms with Crippen LogP contribution in [-0.2, 0) is 0 Å². The molecule has 0 radical (unpaired) electrons. The minimum Gasteiger partial charge on any atom is -0.122 e. The molecule has 0 amide bonds. The molecule has 1 aliphatic rings. The predicted molar refractivity (Wildman–Crippen MR) is 232 cm³/mol. The highest BCUT2D eigenvalue weighted by Gasteiger charge is 2.38. The van der Waals surface area contributed by atoms with Crippen molar-refractivity contribution < 1.29 is 0 Å². The first-order valence-corrected chi connectivity index (χ1v) is 33.1. The molecule has 0 spiro atoms. The van der Waals surface area contributed by atoms with Gasteiger partial charge in [-0.1, -0.05) is 121 Å². The fourth-order valence-corrected chi connectivity index (χ4v) is 23.4. The minimum absolute atomic E-state index is 1.21. The summed E-state index contributed by atoms with van der Waals surface area (Å²) in [5.41, 5.74) is 46.0. The van der Waals surface area contributed by atoms with E-state index in [9.17, 15) is 0 Å². The molecule has 0 bridgehead atoms. The van der Waals surface area contributed by atoms with E-state index in [2.05, 4.69) is 240 Å². The van der Waals surface area contributed by atoms with Gasteiger partial charge >= 0.3 is 0 Å². The molecule has 5 rings (SSSR count). The fraction of sp³-hybridized carbons (Fsp3) is 0.182. The molecule has 0 nitrogen and oxygen atoms in total. The normalized spacial score (nSPS) is 18.6. The van der Waals surface area contributed by atoms with Crippen molar-refractivity contribution in [2.45, 2.75) is 52.4 Å².